The van der Waals surface area contributed by atoms with Crippen molar-refractivity contribution < 1.29 is 4.74 Å². The minimum Gasteiger partial charge on any atom is -0.455 e. The van der Waals surface area contributed by atoms with Gasteiger partial charge in [0.05, 0.1) is 5.88 Å². The molecule has 0 radical (unpaired) electrons. The molecule has 2 aromatic carbocycles. The van der Waals surface area contributed by atoms with Gasteiger partial charge in [-0.2, -0.15) is 0 Å². The number of hydrogen-bond acceptors (Lipinski definition) is 2. The Kier molecular flexibility index (Phi) is 3.90. The molecule has 4 heteroatoms. The molecule has 3 rings (SSSR count). The van der Waals surface area contributed by atoms with Crippen molar-refractivity contribution in [2.24, 2.45) is 0 Å². The fraction of sp³-hybridized carbons (Fsp3) is 0.0625. The minimum absolute atomic E-state index is 0.404. The summed E-state index contributed by atoms with van der Waals surface area (Å²) in [5.74, 6) is 1.88. The summed E-state index contributed by atoms with van der Waals surface area (Å²) in [5, 5.41) is 1.05. The highest BCUT2D eigenvalue weighted by Crippen LogP contribution is 2.32. The SMILES string of the molecule is ClCc1ccc(Br)cc1Oc1cccc2cccnc12. The Hall–Kier alpha value is -1.58. The molecule has 0 aliphatic rings. The summed E-state index contributed by atoms with van der Waals surface area (Å²) in [5.41, 5.74) is 1.79. The van der Waals surface area contributed by atoms with Crippen molar-refractivity contribution in [1.82, 2.24) is 4.98 Å². The van der Waals surface area contributed by atoms with E-state index in [0.717, 1.165) is 32.4 Å². The molecule has 20 heavy (non-hydrogen) atoms. The molecule has 0 bridgehead atoms. The molecule has 0 unspecified atom stereocenters. The summed E-state index contributed by atoms with van der Waals surface area (Å²) >= 11 is 9.41. The Labute approximate surface area is 130 Å². The van der Waals surface area contributed by atoms with Crippen LogP contribution >= 0.6 is 27.5 Å². The molecule has 0 atom stereocenters. The number of nitrogens with zero attached hydrogens (tertiary/aromatic N) is 1. The van der Waals surface area contributed by atoms with Crippen LogP contribution in [0.25, 0.3) is 10.9 Å². The number of para-hydroxylation sites is 1. The standard InChI is InChI=1S/C16H11BrClNO/c17-13-7-6-12(10-18)15(9-13)20-14-5-1-3-11-4-2-8-19-16(11)14/h1-9H,10H2. The van der Waals surface area contributed by atoms with Gasteiger partial charge in [0.1, 0.15) is 11.3 Å². The third-order valence-corrected chi connectivity index (χ3v) is 3.77. The summed E-state index contributed by atoms with van der Waals surface area (Å²) in [6.45, 7) is 0. The second kappa shape index (κ2) is 5.81. The number of benzene rings is 2. The van der Waals surface area contributed by atoms with Crippen LogP contribution in [0.1, 0.15) is 5.56 Å². The third kappa shape index (κ3) is 2.65. The van der Waals surface area contributed by atoms with E-state index in [9.17, 15) is 0 Å². The highest BCUT2D eigenvalue weighted by atomic mass is 79.9. The predicted octanol–water partition coefficient (Wildman–Crippen LogP) is 5.53. The fourth-order valence-corrected chi connectivity index (χ4v) is 2.57. The van der Waals surface area contributed by atoms with E-state index in [-0.39, 0.29) is 0 Å². The maximum Gasteiger partial charge on any atom is 0.153 e. The number of hydrogen-bond donors (Lipinski definition) is 0. The zero-order valence-electron chi connectivity index (χ0n) is 10.5. The Balaban J connectivity index is 2.07. The highest BCUT2D eigenvalue weighted by molar-refractivity contribution is 9.10. The van der Waals surface area contributed by atoms with Gasteiger partial charge in [0.25, 0.3) is 0 Å². The summed E-state index contributed by atoms with van der Waals surface area (Å²) in [7, 11) is 0. The van der Waals surface area contributed by atoms with Crippen LogP contribution in [-0.4, -0.2) is 4.98 Å². The minimum atomic E-state index is 0.404. The maximum atomic E-state index is 6.02. The van der Waals surface area contributed by atoms with E-state index in [4.69, 9.17) is 16.3 Å². The number of rotatable bonds is 3. The zero-order chi connectivity index (χ0) is 13.9. The van der Waals surface area contributed by atoms with E-state index in [2.05, 4.69) is 20.9 Å². The lowest BCUT2D eigenvalue weighted by molar-refractivity contribution is 0.482. The molecule has 1 aromatic heterocycles. The van der Waals surface area contributed by atoms with Crippen molar-refractivity contribution in [3.05, 3.63) is 64.8 Å². The van der Waals surface area contributed by atoms with Gasteiger partial charge in [0.15, 0.2) is 5.75 Å². The number of ether oxygens (including phenoxy) is 1. The van der Waals surface area contributed by atoms with Crippen LogP contribution in [0.15, 0.2) is 59.2 Å². The van der Waals surface area contributed by atoms with Crippen LogP contribution in [0.5, 0.6) is 11.5 Å². The third-order valence-electron chi connectivity index (χ3n) is 2.99. The lowest BCUT2D eigenvalue weighted by atomic mass is 10.2. The quantitative estimate of drug-likeness (QED) is 0.581. The first kappa shape index (κ1) is 13.4. The number of fused-ring (bicyclic) bond motifs is 1. The van der Waals surface area contributed by atoms with E-state index in [1.165, 1.54) is 0 Å². The topological polar surface area (TPSA) is 22.1 Å². The molecule has 2 nitrogen and oxygen atoms in total. The summed E-state index contributed by atoms with van der Waals surface area (Å²) in [6.07, 6.45) is 1.76. The molecular weight excluding hydrogens is 338 g/mol. The molecule has 0 aliphatic heterocycles. The Bertz CT molecular complexity index is 755. The van der Waals surface area contributed by atoms with Gasteiger partial charge in [-0.1, -0.05) is 40.2 Å². The molecule has 1 heterocycles. The van der Waals surface area contributed by atoms with Crippen LogP contribution in [0, 0.1) is 0 Å². The van der Waals surface area contributed by atoms with Crippen molar-refractivity contribution >= 4 is 38.4 Å². The number of alkyl halides is 1. The Morgan fingerprint density at radius 1 is 1.05 bits per heavy atom. The molecule has 0 saturated heterocycles. The highest BCUT2D eigenvalue weighted by Gasteiger charge is 2.08. The molecule has 0 fully saturated rings. The first-order valence-electron chi connectivity index (χ1n) is 6.14. The maximum absolute atomic E-state index is 6.02. The number of aromatic nitrogens is 1. The molecule has 0 N–H and O–H groups in total. The normalized spacial score (nSPS) is 10.7. The molecule has 0 amide bonds. The second-order valence-electron chi connectivity index (χ2n) is 4.32. The molecule has 0 aliphatic carbocycles. The van der Waals surface area contributed by atoms with Gasteiger partial charge in [0.2, 0.25) is 0 Å². The summed E-state index contributed by atoms with van der Waals surface area (Å²) in [4.78, 5) is 4.39. The Morgan fingerprint density at radius 3 is 2.75 bits per heavy atom. The first-order valence-corrected chi connectivity index (χ1v) is 7.46. The van der Waals surface area contributed by atoms with Gasteiger partial charge in [0, 0.05) is 21.6 Å². The monoisotopic (exact) mass is 347 g/mol. The van der Waals surface area contributed by atoms with Crippen LogP contribution in [0.4, 0.5) is 0 Å². The van der Waals surface area contributed by atoms with Gasteiger partial charge in [-0.3, -0.25) is 4.98 Å². The van der Waals surface area contributed by atoms with Crippen LogP contribution in [0.2, 0.25) is 0 Å². The molecular formula is C16H11BrClNO. The van der Waals surface area contributed by atoms with Crippen molar-refractivity contribution in [3.63, 3.8) is 0 Å². The van der Waals surface area contributed by atoms with E-state index >= 15 is 0 Å². The molecule has 0 spiro atoms. The van der Waals surface area contributed by atoms with E-state index in [0.29, 0.717) is 5.88 Å². The first-order chi connectivity index (χ1) is 9.78. The van der Waals surface area contributed by atoms with Crippen LogP contribution in [-0.2, 0) is 5.88 Å². The van der Waals surface area contributed by atoms with Gasteiger partial charge in [-0.05, 0) is 24.3 Å². The summed E-state index contributed by atoms with van der Waals surface area (Å²) < 4.78 is 6.97. The largest absolute Gasteiger partial charge is 0.455 e. The lowest BCUT2D eigenvalue weighted by Gasteiger charge is -2.11. The van der Waals surface area contributed by atoms with E-state index < -0.39 is 0 Å². The van der Waals surface area contributed by atoms with Crippen molar-refractivity contribution in [3.8, 4) is 11.5 Å². The van der Waals surface area contributed by atoms with Gasteiger partial charge < -0.3 is 4.74 Å². The van der Waals surface area contributed by atoms with E-state index in [1.54, 1.807) is 6.20 Å². The van der Waals surface area contributed by atoms with Crippen molar-refractivity contribution in [2.45, 2.75) is 5.88 Å². The molecule has 100 valence electrons. The van der Waals surface area contributed by atoms with Crippen LogP contribution < -0.4 is 4.74 Å². The average Bonchev–Trinajstić information content (AvgIpc) is 2.48. The summed E-state index contributed by atoms with van der Waals surface area (Å²) in [6, 6.07) is 15.6. The van der Waals surface area contributed by atoms with E-state index in [1.807, 2.05) is 48.5 Å². The average molecular weight is 349 g/mol. The number of pyridine rings is 1. The fourth-order valence-electron chi connectivity index (χ4n) is 2.01. The molecule has 0 saturated carbocycles. The van der Waals surface area contributed by atoms with Crippen molar-refractivity contribution in [2.75, 3.05) is 0 Å². The van der Waals surface area contributed by atoms with Gasteiger partial charge in [-0.25, -0.2) is 0 Å². The smallest absolute Gasteiger partial charge is 0.153 e. The predicted molar refractivity (Wildman–Crippen MR) is 85.5 cm³/mol. The van der Waals surface area contributed by atoms with Crippen LogP contribution in [0.3, 0.4) is 0 Å². The molecule has 3 aromatic rings. The zero-order valence-corrected chi connectivity index (χ0v) is 12.9. The Morgan fingerprint density at radius 2 is 1.90 bits per heavy atom. The number of halogens is 2. The second-order valence-corrected chi connectivity index (χ2v) is 5.50. The lowest BCUT2D eigenvalue weighted by Crippen LogP contribution is -1.91. The van der Waals surface area contributed by atoms with Gasteiger partial charge >= 0.3 is 0 Å². The van der Waals surface area contributed by atoms with Crippen molar-refractivity contribution in [1.29, 1.82) is 0 Å². The van der Waals surface area contributed by atoms with Gasteiger partial charge in [-0.15, -0.1) is 11.6 Å².